The third-order valence-corrected chi connectivity index (χ3v) is 3.46. The van der Waals surface area contributed by atoms with Gasteiger partial charge in [-0.25, -0.2) is 0 Å². The fourth-order valence-electron chi connectivity index (χ4n) is 1.82. The van der Waals surface area contributed by atoms with Crippen molar-refractivity contribution in [1.29, 1.82) is 5.26 Å². The highest BCUT2D eigenvalue weighted by molar-refractivity contribution is 5.47. The highest BCUT2D eigenvalue weighted by Crippen LogP contribution is 2.17. The molecule has 3 nitrogen and oxygen atoms in total. The second kappa shape index (κ2) is 6.42. The number of nitrogens with one attached hydrogen (secondary N) is 1. The summed E-state index contributed by atoms with van der Waals surface area (Å²) in [5.74, 6) is 0. The summed E-state index contributed by atoms with van der Waals surface area (Å²) in [6.45, 7) is 8.01. The number of hydrogen-bond donors (Lipinski definition) is 1. The lowest BCUT2D eigenvalue weighted by Crippen LogP contribution is -2.41. The van der Waals surface area contributed by atoms with Gasteiger partial charge in [0.05, 0.1) is 6.07 Å². The number of aryl methyl sites for hydroxylation is 1. The molecule has 1 unspecified atom stereocenters. The van der Waals surface area contributed by atoms with Crippen molar-refractivity contribution in [3.8, 4) is 6.07 Å². The summed E-state index contributed by atoms with van der Waals surface area (Å²) in [5.41, 5.74) is 2.05. The Morgan fingerprint density at radius 2 is 1.94 bits per heavy atom. The van der Waals surface area contributed by atoms with Gasteiger partial charge in [-0.2, -0.15) is 5.26 Å². The largest absolute Gasteiger partial charge is 0.372 e. The van der Waals surface area contributed by atoms with Crippen LogP contribution in [0.3, 0.4) is 0 Å². The van der Waals surface area contributed by atoms with Crippen molar-refractivity contribution in [2.24, 2.45) is 0 Å². The lowest BCUT2D eigenvalue weighted by Gasteiger charge is -2.28. The zero-order chi connectivity index (χ0) is 13.6. The van der Waals surface area contributed by atoms with Gasteiger partial charge in [-0.15, -0.1) is 0 Å². The molecule has 0 aliphatic rings. The minimum atomic E-state index is -0.446. The molecule has 0 spiro atoms. The monoisotopic (exact) mass is 245 g/mol. The molecule has 0 aliphatic heterocycles. The fourth-order valence-corrected chi connectivity index (χ4v) is 1.82. The molecule has 0 aliphatic carbocycles. The predicted octanol–water partition coefficient (Wildman–Crippen LogP) is 2.71. The van der Waals surface area contributed by atoms with E-state index in [4.69, 9.17) is 5.26 Å². The quantitative estimate of drug-likeness (QED) is 0.837. The number of nitrogens with zero attached hydrogens (tertiary/aromatic N) is 2. The predicted molar refractivity (Wildman–Crippen MR) is 76.8 cm³/mol. The SMILES string of the molecule is CCN(CCC(C)(C#N)NC)c1ccc(C)cc1. The van der Waals surface area contributed by atoms with E-state index in [1.165, 1.54) is 11.3 Å². The average Bonchev–Trinajstić information content (AvgIpc) is 2.41. The van der Waals surface area contributed by atoms with Gasteiger partial charge >= 0.3 is 0 Å². The molecule has 0 saturated heterocycles. The van der Waals surface area contributed by atoms with Crippen molar-refractivity contribution >= 4 is 5.69 Å². The number of hydrogen-bond acceptors (Lipinski definition) is 3. The maximum atomic E-state index is 9.15. The van der Waals surface area contributed by atoms with Gasteiger partial charge in [-0.1, -0.05) is 17.7 Å². The molecule has 1 aromatic carbocycles. The first-order valence-electron chi connectivity index (χ1n) is 6.46. The summed E-state index contributed by atoms with van der Waals surface area (Å²) in [7, 11) is 1.84. The van der Waals surface area contributed by atoms with E-state index < -0.39 is 5.54 Å². The first kappa shape index (κ1) is 14.5. The van der Waals surface area contributed by atoms with Crippen LogP contribution in [0, 0.1) is 18.3 Å². The van der Waals surface area contributed by atoms with Crippen LogP contribution in [0.1, 0.15) is 25.8 Å². The zero-order valence-corrected chi connectivity index (χ0v) is 11.8. The van der Waals surface area contributed by atoms with Crippen molar-refractivity contribution in [3.63, 3.8) is 0 Å². The Labute approximate surface area is 110 Å². The lowest BCUT2D eigenvalue weighted by molar-refractivity contribution is 0.455. The highest BCUT2D eigenvalue weighted by atomic mass is 15.1. The number of anilines is 1. The zero-order valence-electron chi connectivity index (χ0n) is 11.8. The molecule has 1 aromatic rings. The van der Waals surface area contributed by atoms with E-state index in [2.05, 4.69) is 54.4 Å². The molecular weight excluding hydrogens is 222 g/mol. The minimum absolute atomic E-state index is 0.446. The Bertz CT molecular complexity index is 405. The second-order valence-electron chi connectivity index (χ2n) is 4.86. The highest BCUT2D eigenvalue weighted by Gasteiger charge is 2.21. The van der Waals surface area contributed by atoms with Crippen LogP contribution in [0.4, 0.5) is 5.69 Å². The fraction of sp³-hybridized carbons (Fsp3) is 0.533. The molecule has 98 valence electrons. The standard InChI is InChI=1S/C15H23N3/c1-5-18(11-10-15(3,12-16)17-4)14-8-6-13(2)7-9-14/h6-9,17H,5,10-11H2,1-4H3. The first-order chi connectivity index (χ1) is 8.54. The third-order valence-electron chi connectivity index (χ3n) is 3.46. The van der Waals surface area contributed by atoms with Crippen LogP contribution in [0.25, 0.3) is 0 Å². The van der Waals surface area contributed by atoms with Crippen molar-refractivity contribution in [3.05, 3.63) is 29.8 Å². The summed E-state index contributed by atoms with van der Waals surface area (Å²) in [4.78, 5) is 2.30. The molecule has 0 bridgehead atoms. The van der Waals surface area contributed by atoms with Gasteiger partial charge in [-0.3, -0.25) is 0 Å². The van der Waals surface area contributed by atoms with Gasteiger partial charge in [0, 0.05) is 18.8 Å². The van der Waals surface area contributed by atoms with E-state index in [-0.39, 0.29) is 0 Å². The van der Waals surface area contributed by atoms with Gasteiger partial charge in [0.1, 0.15) is 5.54 Å². The summed E-state index contributed by atoms with van der Waals surface area (Å²) in [6, 6.07) is 10.9. The molecular formula is C15H23N3. The molecule has 18 heavy (non-hydrogen) atoms. The van der Waals surface area contributed by atoms with Crippen molar-refractivity contribution < 1.29 is 0 Å². The summed E-state index contributed by atoms with van der Waals surface area (Å²) in [5, 5.41) is 12.2. The third kappa shape index (κ3) is 3.75. The van der Waals surface area contributed by atoms with E-state index in [0.717, 1.165) is 19.5 Å². The number of nitriles is 1. The van der Waals surface area contributed by atoms with Crippen LogP contribution in [0.15, 0.2) is 24.3 Å². The van der Waals surface area contributed by atoms with Crippen molar-refractivity contribution in [2.45, 2.75) is 32.7 Å². The first-order valence-corrected chi connectivity index (χ1v) is 6.46. The smallest absolute Gasteiger partial charge is 0.105 e. The van der Waals surface area contributed by atoms with Crippen molar-refractivity contribution in [1.82, 2.24) is 5.32 Å². The van der Waals surface area contributed by atoms with Crippen LogP contribution >= 0.6 is 0 Å². The Balaban J connectivity index is 2.69. The van der Waals surface area contributed by atoms with E-state index >= 15 is 0 Å². The summed E-state index contributed by atoms with van der Waals surface area (Å²) >= 11 is 0. The Morgan fingerprint density at radius 3 is 2.39 bits per heavy atom. The normalized spacial score (nSPS) is 13.7. The van der Waals surface area contributed by atoms with Crippen LogP contribution in [0.2, 0.25) is 0 Å². The van der Waals surface area contributed by atoms with Gasteiger partial charge in [0.2, 0.25) is 0 Å². The minimum Gasteiger partial charge on any atom is -0.372 e. The maximum Gasteiger partial charge on any atom is 0.105 e. The molecule has 1 N–H and O–H groups in total. The molecule has 0 fully saturated rings. The van der Waals surface area contributed by atoms with Gasteiger partial charge in [-0.05, 0) is 46.4 Å². The Hall–Kier alpha value is -1.53. The Morgan fingerprint density at radius 1 is 1.33 bits per heavy atom. The van der Waals surface area contributed by atoms with E-state index in [0.29, 0.717) is 0 Å². The molecule has 0 radical (unpaired) electrons. The molecule has 1 rings (SSSR count). The molecule has 0 saturated carbocycles. The number of rotatable bonds is 6. The topological polar surface area (TPSA) is 39.1 Å². The summed E-state index contributed by atoms with van der Waals surface area (Å²) < 4.78 is 0. The van der Waals surface area contributed by atoms with Crippen LogP contribution in [-0.4, -0.2) is 25.7 Å². The molecule has 1 atom stereocenters. The maximum absolute atomic E-state index is 9.15. The second-order valence-corrected chi connectivity index (χ2v) is 4.86. The van der Waals surface area contributed by atoms with E-state index in [1.807, 2.05) is 14.0 Å². The molecule has 0 aromatic heterocycles. The van der Waals surface area contributed by atoms with Gasteiger partial charge in [0.15, 0.2) is 0 Å². The number of benzene rings is 1. The average molecular weight is 245 g/mol. The summed E-state index contributed by atoms with van der Waals surface area (Å²) in [6.07, 6.45) is 0.807. The van der Waals surface area contributed by atoms with E-state index in [9.17, 15) is 0 Å². The van der Waals surface area contributed by atoms with Crippen LogP contribution in [-0.2, 0) is 0 Å². The van der Waals surface area contributed by atoms with Gasteiger partial charge < -0.3 is 10.2 Å². The molecule has 3 heteroatoms. The van der Waals surface area contributed by atoms with E-state index in [1.54, 1.807) is 0 Å². The molecule has 0 heterocycles. The molecule has 0 amide bonds. The van der Waals surface area contributed by atoms with Crippen LogP contribution in [0.5, 0.6) is 0 Å². The van der Waals surface area contributed by atoms with Gasteiger partial charge in [0.25, 0.3) is 0 Å². The van der Waals surface area contributed by atoms with Crippen molar-refractivity contribution in [2.75, 3.05) is 25.0 Å². The lowest BCUT2D eigenvalue weighted by atomic mass is 10.00. The Kier molecular flexibility index (Phi) is 5.18. The van der Waals surface area contributed by atoms with Crippen LogP contribution < -0.4 is 10.2 Å².